The molecule has 0 saturated heterocycles. The fourth-order valence-corrected chi connectivity index (χ4v) is 3.02. The summed E-state index contributed by atoms with van der Waals surface area (Å²) < 4.78 is 19.8. The van der Waals surface area contributed by atoms with Crippen molar-refractivity contribution < 1.29 is 18.4 Å². The van der Waals surface area contributed by atoms with Crippen LogP contribution in [0.15, 0.2) is 39.7 Å². The molecule has 0 aliphatic carbocycles. The highest BCUT2D eigenvalue weighted by Crippen LogP contribution is 2.35. The van der Waals surface area contributed by atoms with Gasteiger partial charge >= 0.3 is 0 Å². The summed E-state index contributed by atoms with van der Waals surface area (Å²) in [4.78, 5) is 30.0. The summed E-state index contributed by atoms with van der Waals surface area (Å²) in [7, 11) is 1.53. The quantitative estimate of drug-likeness (QED) is 0.852. The van der Waals surface area contributed by atoms with Gasteiger partial charge in [0.05, 0.1) is 12.0 Å². The molecule has 1 aromatic heterocycles. The third kappa shape index (κ3) is 3.24. The minimum Gasteiger partial charge on any atom is -0.458 e. The van der Waals surface area contributed by atoms with Crippen molar-refractivity contribution in [2.45, 2.75) is 32.2 Å². The molecule has 1 aromatic carbocycles. The number of hydrogen-bond acceptors (Lipinski definition) is 5. The summed E-state index contributed by atoms with van der Waals surface area (Å²) in [6.45, 7) is 3.41. The molecule has 0 bridgehead atoms. The van der Waals surface area contributed by atoms with Gasteiger partial charge in [0.2, 0.25) is 11.7 Å². The van der Waals surface area contributed by atoms with E-state index >= 15 is 0 Å². The second-order valence-electron chi connectivity index (χ2n) is 6.70. The van der Waals surface area contributed by atoms with Crippen molar-refractivity contribution in [3.05, 3.63) is 58.8 Å². The Kier molecular flexibility index (Phi) is 4.39. The molecule has 0 fully saturated rings. The topological polar surface area (TPSA) is 88.9 Å². The van der Waals surface area contributed by atoms with Gasteiger partial charge in [-0.25, -0.2) is 9.38 Å². The molecule has 2 heterocycles. The largest absolute Gasteiger partial charge is 0.458 e. The number of ketones is 1. The SMILES string of the molecule is Cc1ccc(C(=O)Cc2ccc(F)c(C3(C)CC(=O)N(C)C(N)=N3)c2)o1. The Morgan fingerprint density at radius 3 is 2.73 bits per heavy atom. The van der Waals surface area contributed by atoms with Gasteiger partial charge in [0.1, 0.15) is 11.6 Å². The lowest BCUT2D eigenvalue weighted by Gasteiger charge is -2.34. The first-order valence-electron chi connectivity index (χ1n) is 8.20. The van der Waals surface area contributed by atoms with Crippen LogP contribution in [0, 0.1) is 12.7 Å². The minimum absolute atomic E-state index is 0.00407. The summed E-state index contributed by atoms with van der Waals surface area (Å²) in [6.07, 6.45) is 0.0548. The number of carbonyl (C=O) groups is 2. The van der Waals surface area contributed by atoms with E-state index in [1.807, 2.05) is 0 Å². The van der Waals surface area contributed by atoms with Gasteiger partial charge in [-0.3, -0.25) is 14.5 Å². The average molecular weight is 357 g/mol. The molecule has 1 atom stereocenters. The molecule has 2 N–H and O–H groups in total. The summed E-state index contributed by atoms with van der Waals surface area (Å²) in [5.74, 6) is 0.00369. The molecule has 6 nitrogen and oxygen atoms in total. The van der Waals surface area contributed by atoms with Crippen LogP contribution in [0.2, 0.25) is 0 Å². The van der Waals surface area contributed by atoms with Crippen molar-refractivity contribution in [3.8, 4) is 0 Å². The molecule has 2 aromatic rings. The second-order valence-corrected chi connectivity index (χ2v) is 6.70. The van der Waals surface area contributed by atoms with Crippen molar-refractivity contribution in [1.82, 2.24) is 4.90 Å². The molecule has 1 unspecified atom stereocenters. The number of aryl methyl sites for hydroxylation is 1. The summed E-state index contributed by atoms with van der Waals surface area (Å²) in [6, 6.07) is 7.72. The Balaban J connectivity index is 1.93. The van der Waals surface area contributed by atoms with E-state index in [0.717, 1.165) is 0 Å². The fourth-order valence-electron chi connectivity index (χ4n) is 3.02. The van der Waals surface area contributed by atoms with Crippen molar-refractivity contribution >= 4 is 17.6 Å². The van der Waals surface area contributed by atoms with E-state index in [1.165, 1.54) is 18.0 Å². The van der Waals surface area contributed by atoms with E-state index in [4.69, 9.17) is 10.2 Å². The Hall–Kier alpha value is -2.96. The Morgan fingerprint density at radius 2 is 2.12 bits per heavy atom. The number of amides is 1. The lowest BCUT2D eigenvalue weighted by atomic mass is 9.85. The van der Waals surface area contributed by atoms with Crippen LogP contribution in [-0.2, 0) is 16.8 Å². The van der Waals surface area contributed by atoms with E-state index in [9.17, 15) is 14.0 Å². The number of Topliss-reactive ketones (excluding diaryl/α,β-unsaturated/α-hetero) is 1. The van der Waals surface area contributed by atoms with Gasteiger partial charge in [0, 0.05) is 19.0 Å². The maximum atomic E-state index is 14.5. The zero-order valence-corrected chi connectivity index (χ0v) is 14.9. The number of nitrogens with two attached hydrogens (primary N) is 1. The Morgan fingerprint density at radius 1 is 1.38 bits per heavy atom. The summed E-state index contributed by atoms with van der Waals surface area (Å²) >= 11 is 0. The zero-order valence-electron chi connectivity index (χ0n) is 14.9. The van der Waals surface area contributed by atoms with Crippen LogP contribution in [0.1, 0.15) is 40.8 Å². The van der Waals surface area contributed by atoms with Crippen LogP contribution in [0.3, 0.4) is 0 Å². The standard InChI is InChI=1S/C19H20FN3O3/c1-11-4-7-16(26-11)15(24)9-12-5-6-14(20)13(8-12)19(2)10-17(25)23(3)18(21)22-19/h4-8H,9-10H2,1-3H3,(H2,21,22). The first-order valence-corrected chi connectivity index (χ1v) is 8.20. The molecule has 1 amide bonds. The highest BCUT2D eigenvalue weighted by molar-refractivity contribution is 5.99. The highest BCUT2D eigenvalue weighted by atomic mass is 19.1. The molecule has 0 radical (unpaired) electrons. The van der Waals surface area contributed by atoms with Gasteiger partial charge in [0.15, 0.2) is 11.7 Å². The first kappa shape index (κ1) is 17.8. The number of aliphatic imine (C=N–C) groups is 1. The van der Waals surface area contributed by atoms with E-state index in [-0.39, 0.29) is 41.8 Å². The predicted octanol–water partition coefficient (Wildman–Crippen LogP) is 2.54. The average Bonchev–Trinajstić information content (AvgIpc) is 3.01. The lowest BCUT2D eigenvalue weighted by Crippen LogP contribution is -2.47. The highest BCUT2D eigenvalue weighted by Gasteiger charge is 2.38. The molecule has 1 aliphatic rings. The van der Waals surface area contributed by atoms with Crippen LogP contribution >= 0.6 is 0 Å². The van der Waals surface area contributed by atoms with Crippen molar-refractivity contribution in [2.24, 2.45) is 10.7 Å². The van der Waals surface area contributed by atoms with Gasteiger partial charge < -0.3 is 10.2 Å². The van der Waals surface area contributed by atoms with E-state index in [0.29, 0.717) is 11.3 Å². The molecule has 0 spiro atoms. The number of hydrogen-bond donors (Lipinski definition) is 1. The molecule has 3 rings (SSSR count). The van der Waals surface area contributed by atoms with Gasteiger partial charge in [-0.1, -0.05) is 6.07 Å². The van der Waals surface area contributed by atoms with E-state index < -0.39 is 11.4 Å². The Bertz CT molecular complexity index is 919. The van der Waals surface area contributed by atoms with Crippen LogP contribution < -0.4 is 5.73 Å². The van der Waals surface area contributed by atoms with E-state index in [2.05, 4.69) is 4.99 Å². The number of nitrogens with zero attached hydrogens (tertiary/aromatic N) is 2. The van der Waals surface area contributed by atoms with Gasteiger partial charge in [-0.15, -0.1) is 0 Å². The molecule has 1 aliphatic heterocycles. The third-order valence-electron chi connectivity index (χ3n) is 4.57. The maximum Gasteiger partial charge on any atom is 0.231 e. The van der Waals surface area contributed by atoms with Crippen LogP contribution in [0.25, 0.3) is 0 Å². The summed E-state index contributed by atoms with van der Waals surface area (Å²) in [5.41, 5.74) is 5.53. The monoisotopic (exact) mass is 357 g/mol. The van der Waals surface area contributed by atoms with Gasteiger partial charge in [-0.05, 0) is 43.7 Å². The molecular weight excluding hydrogens is 337 g/mol. The lowest BCUT2D eigenvalue weighted by molar-refractivity contribution is -0.128. The number of benzene rings is 1. The predicted molar refractivity (Wildman–Crippen MR) is 94.2 cm³/mol. The first-order chi connectivity index (χ1) is 12.2. The molecule has 7 heteroatoms. The van der Waals surface area contributed by atoms with E-state index in [1.54, 1.807) is 38.1 Å². The van der Waals surface area contributed by atoms with Crippen LogP contribution in [-0.4, -0.2) is 29.6 Å². The van der Waals surface area contributed by atoms with Crippen molar-refractivity contribution in [1.29, 1.82) is 0 Å². The number of guanidine groups is 1. The molecule has 26 heavy (non-hydrogen) atoms. The summed E-state index contributed by atoms with van der Waals surface area (Å²) in [5, 5.41) is 0. The van der Waals surface area contributed by atoms with Crippen LogP contribution in [0.4, 0.5) is 4.39 Å². The smallest absolute Gasteiger partial charge is 0.231 e. The second kappa shape index (κ2) is 6.40. The van der Waals surface area contributed by atoms with Gasteiger partial charge in [0.25, 0.3) is 0 Å². The number of halogens is 1. The third-order valence-corrected chi connectivity index (χ3v) is 4.57. The van der Waals surface area contributed by atoms with Crippen molar-refractivity contribution in [2.75, 3.05) is 7.05 Å². The fraction of sp³-hybridized carbons (Fsp3) is 0.316. The normalized spacial score (nSPS) is 20.2. The number of rotatable bonds is 4. The molecule has 136 valence electrons. The van der Waals surface area contributed by atoms with Crippen LogP contribution in [0.5, 0.6) is 0 Å². The number of carbonyl (C=O) groups excluding carboxylic acids is 2. The zero-order chi connectivity index (χ0) is 19.1. The Labute approximate surface area is 150 Å². The molecular formula is C19H20FN3O3. The minimum atomic E-state index is -1.11. The van der Waals surface area contributed by atoms with Crippen molar-refractivity contribution in [3.63, 3.8) is 0 Å². The number of furan rings is 1. The van der Waals surface area contributed by atoms with Gasteiger partial charge in [-0.2, -0.15) is 0 Å². The maximum absolute atomic E-state index is 14.5. The molecule has 0 saturated carbocycles.